The molecule has 0 saturated carbocycles. The van der Waals surface area contributed by atoms with Crippen LogP contribution in [0.4, 0.5) is 17.1 Å². The van der Waals surface area contributed by atoms with Gasteiger partial charge in [-0.2, -0.15) is 0 Å². The smallest absolute Gasteiger partial charge is 0.0682 e. The predicted molar refractivity (Wildman–Crippen MR) is 114 cm³/mol. The average Bonchev–Trinajstić information content (AvgIpc) is 2.72. The van der Waals surface area contributed by atoms with Crippen molar-refractivity contribution in [2.45, 2.75) is 0 Å². The number of nitrogens with zero attached hydrogens (tertiary/aromatic N) is 1. The largest absolute Gasteiger partial charge is 0.309 e. The van der Waals surface area contributed by atoms with Gasteiger partial charge in [-0.15, -0.1) is 0 Å². The number of halogens is 1. The molecule has 0 aliphatic heterocycles. The second kappa shape index (κ2) is 7.59. The Labute approximate surface area is 162 Å². The molecule has 0 saturated heterocycles. The fourth-order valence-corrected chi connectivity index (χ4v) is 3.70. The van der Waals surface area contributed by atoms with E-state index in [1.54, 1.807) is 0 Å². The summed E-state index contributed by atoms with van der Waals surface area (Å²) in [5.74, 6) is 0. The molecule has 0 aliphatic rings. The van der Waals surface area contributed by atoms with Crippen molar-refractivity contribution in [3.05, 3.63) is 114 Å². The molecule has 126 valence electrons. The molecular formula is C24H18BrN. The Morgan fingerprint density at radius 2 is 1.00 bits per heavy atom. The van der Waals surface area contributed by atoms with Gasteiger partial charge in [0.05, 0.1) is 5.69 Å². The van der Waals surface area contributed by atoms with Crippen LogP contribution in [0.25, 0.3) is 11.1 Å². The molecule has 4 aromatic rings. The van der Waals surface area contributed by atoms with Crippen molar-refractivity contribution in [2.75, 3.05) is 4.90 Å². The van der Waals surface area contributed by atoms with Crippen molar-refractivity contribution in [3.63, 3.8) is 0 Å². The molecule has 0 bridgehead atoms. The maximum Gasteiger partial charge on any atom is 0.0682 e. The van der Waals surface area contributed by atoms with Gasteiger partial charge in [-0.3, -0.25) is 0 Å². The highest BCUT2D eigenvalue weighted by atomic mass is 79.9. The van der Waals surface area contributed by atoms with Crippen molar-refractivity contribution >= 4 is 33.0 Å². The molecule has 0 heterocycles. The number of anilines is 3. The van der Waals surface area contributed by atoms with E-state index in [1.165, 1.54) is 11.1 Å². The summed E-state index contributed by atoms with van der Waals surface area (Å²) in [5, 5.41) is 0. The van der Waals surface area contributed by atoms with Gasteiger partial charge < -0.3 is 4.90 Å². The van der Waals surface area contributed by atoms with Gasteiger partial charge in [-0.1, -0.05) is 78.9 Å². The molecule has 0 atom stereocenters. The van der Waals surface area contributed by atoms with Crippen LogP contribution >= 0.6 is 15.9 Å². The summed E-state index contributed by atoms with van der Waals surface area (Å²) in [7, 11) is 0. The maximum absolute atomic E-state index is 3.80. The SMILES string of the molecule is Brc1cccc(-c2ccccc2)c1N(c1ccccc1)c1ccccc1. The second-order valence-electron chi connectivity index (χ2n) is 6.01. The van der Waals surface area contributed by atoms with Gasteiger partial charge in [-0.05, 0) is 51.8 Å². The topological polar surface area (TPSA) is 3.24 Å². The van der Waals surface area contributed by atoms with Crippen LogP contribution < -0.4 is 4.90 Å². The van der Waals surface area contributed by atoms with Crippen LogP contribution in [0.3, 0.4) is 0 Å². The van der Waals surface area contributed by atoms with Crippen LogP contribution in [0, 0.1) is 0 Å². The Hall–Kier alpha value is -2.84. The third-order valence-corrected chi connectivity index (χ3v) is 4.96. The lowest BCUT2D eigenvalue weighted by atomic mass is 10.0. The summed E-state index contributed by atoms with van der Waals surface area (Å²) in [5.41, 5.74) is 5.77. The molecule has 0 radical (unpaired) electrons. The van der Waals surface area contributed by atoms with E-state index >= 15 is 0 Å². The van der Waals surface area contributed by atoms with Crippen molar-refractivity contribution in [1.29, 1.82) is 0 Å². The van der Waals surface area contributed by atoms with E-state index in [0.29, 0.717) is 0 Å². The van der Waals surface area contributed by atoms with E-state index in [-0.39, 0.29) is 0 Å². The minimum atomic E-state index is 1.06. The highest BCUT2D eigenvalue weighted by Gasteiger charge is 2.19. The Morgan fingerprint density at radius 1 is 0.500 bits per heavy atom. The van der Waals surface area contributed by atoms with Crippen LogP contribution in [0.5, 0.6) is 0 Å². The van der Waals surface area contributed by atoms with Gasteiger partial charge >= 0.3 is 0 Å². The van der Waals surface area contributed by atoms with Gasteiger partial charge in [0.2, 0.25) is 0 Å². The lowest BCUT2D eigenvalue weighted by molar-refractivity contribution is 1.27. The minimum Gasteiger partial charge on any atom is -0.309 e. The molecule has 0 aliphatic carbocycles. The average molecular weight is 400 g/mol. The van der Waals surface area contributed by atoms with Crippen LogP contribution in [0.2, 0.25) is 0 Å². The summed E-state index contributed by atoms with van der Waals surface area (Å²) in [6.07, 6.45) is 0. The Balaban J connectivity index is 1.98. The first kappa shape index (κ1) is 16.6. The molecule has 2 heteroatoms. The molecular weight excluding hydrogens is 382 g/mol. The summed E-state index contributed by atoms with van der Waals surface area (Å²) < 4.78 is 1.06. The zero-order valence-corrected chi connectivity index (χ0v) is 15.8. The van der Waals surface area contributed by atoms with E-state index in [2.05, 4.69) is 112 Å². The van der Waals surface area contributed by atoms with E-state index in [0.717, 1.165) is 21.5 Å². The van der Waals surface area contributed by atoms with Crippen LogP contribution in [-0.2, 0) is 0 Å². The third-order valence-electron chi connectivity index (χ3n) is 4.32. The second-order valence-corrected chi connectivity index (χ2v) is 6.86. The summed E-state index contributed by atoms with van der Waals surface area (Å²) in [4.78, 5) is 2.30. The monoisotopic (exact) mass is 399 g/mol. The van der Waals surface area contributed by atoms with E-state index in [9.17, 15) is 0 Å². The van der Waals surface area contributed by atoms with Crippen LogP contribution in [0.1, 0.15) is 0 Å². The number of benzene rings is 4. The summed E-state index contributed by atoms with van der Waals surface area (Å²) in [6, 6.07) is 37.8. The number of hydrogen-bond donors (Lipinski definition) is 0. The third kappa shape index (κ3) is 3.29. The normalized spacial score (nSPS) is 10.5. The molecule has 26 heavy (non-hydrogen) atoms. The van der Waals surface area contributed by atoms with Gasteiger partial charge in [-0.25, -0.2) is 0 Å². The molecule has 0 aromatic heterocycles. The van der Waals surface area contributed by atoms with E-state index in [4.69, 9.17) is 0 Å². The predicted octanol–water partition coefficient (Wildman–Crippen LogP) is 7.59. The zero-order chi connectivity index (χ0) is 17.8. The maximum atomic E-state index is 3.80. The minimum absolute atomic E-state index is 1.06. The first-order chi connectivity index (χ1) is 12.8. The van der Waals surface area contributed by atoms with Crippen LogP contribution in [0.15, 0.2) is 114 Å². The summed E-state index contributed by atoms with van der Waals surface area (Å²) in [6.45, 7) is 0. The first-order valence-electron chi connectivity index (χ1n) is 8.59. The molecule has 4 aromatic carbocycles. The molecule has 0 spiro atoms. The van der Waals surface area contributed by atoms with Gasteiger partial charge in [0.25, 0.3) is 0 Å². The molecule has 0 N–H and O–H groups in total. The Bertz CT molecular complexity index is 943. The van der Waals surface area contributed by atoms with Crippen molar-refractivity contribution < 1.29 is 0 Å². The number of hydrogen-bond acceptors (Lipinski definition) is 1. The first-order valence-corrected chi connectivity index (χ1v) is 9.38. The van der Waals surface area contributed by atoms with Gasteiger partial charge in [0, 0.05) is 21.4 Å². The quantitative estimate of drug-likeness (QED) is 0.341. The Kier molecular flexibility index (Phi) is 4.85. The summed E-state index contributed by atoms with van der Waals surface area (Å²) >= 11 is 3.80. The van der Waals surface area contributed by atoms with Crippen molar-refractivity contribution in [1.82, 2.24) is 0 Å². The Morgan fingerprint density at radius 3 is 1.54 bits per heavy atom. The van der Waals surface area contributed by atoms with Gasteiger partial charge in [0.1, 0.15) is 0 Å². The fraction of sp³-hybridized carbons (Fsp3) is 0. The molecule has 0 fully saturated rings. The molecule has 0 amide bonds. The van der Waals surface area contributed by atoms with Crippen molar-refractivity contribution in [3.8, 4) is 11.1 Å². The number of rotatable bonds is 4. The molecule has 4 rings (SSSR count). The van der Waals surface area contributed by atoms with Crippen molar-refractivity contribution in [2.24, 2.45) is 0 Å². The molecule has 1 nitrogen and oxygen atoms in total. The standard InChI is InChI=1S/C24H18BrN/c25-23-18-10-17-22(19-11-4-1-5-12-19)24(23)26(20-13-6-2-7-14-20)21-15-8-3-9-16-21/h1-18H. The lowest BCUT2D eigenvalue weighted by Crippen LogP contribution is -2.11. The fourth-order valence-electron chi connectivity index (χ4n) is 3.15. The van der Waals surface area contributed by atoms with Gasteiger partial charge in [0.15, 0.2) is 0 Å². The van der Waals surface area contributed by atoms with E-state index < -0.39 is 0 Å². The lowest BCUT2D eigenvalue weighted by Gasteiger charge is -2.28. The highest BCUT2D eigenvalue weighted by Crippen LogP contribution is 2.44. The molecule has 0 unspecified atom stereocenters. The van der Waals surface area contributed by atoms with E-state index in [1.807, 2.05) is 18.2 Å². The van der Waals surface area contributed by atoms with Crippen LogP contribution in [-0.4, -0.2) is 0 Å². The zero-order valence-electron chi connectivity index (χ0n) is 14.2. The highest BCUT2D eigenvalue weighted by molar-refractivity contribution is 9.10. The number of para-hydroxylation sites is 3.